The van der Waals surface area contributed by atoms with Gasteiger partial charge < -0.3 is 10.2 Å². The zero-order valence-electron chi connectivity index (χ0n) is 11.8. The Morgan fingerprint density at radius 1 is 1.18 bits per heavy atom. The van der Waals surface area contributed by atoms with Crippen LogP contribution in [0.2, 0.25) is 0 Å². The number of carbonyl (C=O) groups is 1. The summed E-state index contributed by atoms with van der Waals surface area (Å²) in [6.45, 7) is 1.31. The molecule has 1 unspecified atom stereocenters. The minimum Gasteiger partial charge on any atom is -0.354 e. The van der Waals surface area contributed by atoms with Gasteiger partial charge in [-0.25, -0.2) is 13.8 Å². The third-order valence-electron chi connectivity index (χ3n) is 3.69. The second-order valence-electron chi connectivity index (χ2n) is 5.19. The van der Waals surface area contributed by atoms with Crippen LogP contribution in [0.1, 0.15) is 16.8 Å². The molecule has 6 heteroatoms. The van der Waals surface area contributed by atoms with Gasteiger partial charge in [0, 0.05) is 25.3 Å². The van der Waals surface area contributed by atoms with Gasteiger partial charge in [-0.3, -0.25) is 4.79 Å². The maximum absolute atomic E-state index is 13.6. The first kappa shape index (κ1) is 14.4. The first-order valence-corrected chi connectivity index (χ1v) is 7.06. The zero-order valence-corrected chi connectivity index (χ0v) is 11.8. The van der Waals surface area contributed by atoms with E-state index in [1.807, 2.05) is 23.1 Å². The lowest BCUT2D eigenvalue weighted by atomic mass is 10.1. The van der Waals surface area contributed by atoms with Crippen LogP contribution in [-0.2, 0) is 0 Å². The van der Waals surface area contributed by atoms with Crippen LogP contribution in [0.3, 0.4) is 0 Å². The van der Waals surface area contributed by atoms with Gasteiger partial charge in [0.15, 0.2) is 0 Å². The first-order valence-electron chi connectivity index (χ1n) is 7.06. The molecule has 2 heterocycles. The quantitative estimate of drug-likeness (QED) is 0.947. The smallest absolute Gasteiger partial charge is 0.257 e. The van der Waals surface area contributed by atoms with Crippen molar-refractivity contribution in [1.29, 1.82) is 0 Å². The van der Waals surface area contributed by atoms with Crippen molar-refractivity contribution < 1.29 is 13.6 Å². The van der Waals surface area contributed by atoms with E-state index in [1.165, 1.54) is 6.07 Å². The molecule has 1 saturated heterocycles. The normalized spacial score (nSPS) is 17.5. The predicted octanol–water partition coefficient (Wildman–Crippen LogP) is 2.37. The highest BCUT2D eigenvalue weighted by molar-refractivity contribution is 5.95. The van der Waals surface area contributed by atoms with E-state index in [0.29, 0.717) is 13.0 Å². The Kier molecular flexibility index (Phi) is 4.00. The fourth-order valence-electron chi connectivity index (χ4n) is 2.60. The number of halogens is 2. The molecule has 3 rings (SSSR count). The molecule has 1 N–H and O–H groups in total. The molecule has 1 atom stereocenters. The number of amides is 1. The van der Waals surface area contributed by atoms with Gasteiger partial charge in [-0.2, -0.15) is 0 Å². The molecule has 0 spiro atoms. The van der Waals surface area contributed by atoms with Crippen molar-refractivity contribution in [2.45, 2.75) is 12.5 Å². The van der Waals surface area contributed by atoms with E-state index in [-0.39, 0.29) is 6.04 Å². The molecule has 4 nitrogen and oxygen atoms in total. The third kappa shape index (κ3) is 2.90. The van der Waals surface area contributed by atoms with E-state index >= 15 is 0 Å². The van der Waals surface area contributed by atoms with Gasteiger partial charge in [-0.1, -0.05) is 12.1 Å². The Bertz CT molecular complexity index is 658. The standard InChI is InChI=1S/C16H15F2N3O/c17-12-4-3-5-13(18)15(12)16(22)20-11-7-9-21(10-11)14-6-1-2-8-19-14/h1-6,8,11H,7,9-10H2,(H,20,22). The van der Waals surface area contributed by atoms with E-state index in [0.717, 1.165) is 24.5 Å². The Labute approximate surface area is 126 Å². The molecule has 1 aromatic carbocycles. The van der Waals surface area contributed by atoms with Crippen LogP contribution in [0.5, 0.6) is 0 Å². The molecular formula is C16H15F2N3O. The second-order valence-corrected chi connectivity index (χ2v) is 5.19. The number of rotatable bonds is 3. The van der Waals surface area contributed by atoms with Gasteiger partial charge in [0.1, 0.15) is 23.0 Å². The van der Waals surface area contributed by atoms with Crippen LogP contribution in [0.25, 0.3) is 0 Å². The molecule has 1 aliphatic rings. The van der Waals surface area contributed by atoms with Crippen molar-refractivity contribution in [3.05, 3.63) is 59.8 Å². The second kappa shape index (κ2) is 6.09. The van der Waals surface area contributed by atoms with Crippen molar-refractivity contribution in [1.82, 2.24) is 10.3 Å². The summed E-state index contributed by atoms with van der Waals surface area (Å²) in [4.78, 5) is 18.3. The molecule has 1 aliphatic heterocycles. The summed E-state index contributed by atoms with van der Waals surface area (Å²) in [7, 11) is 0. The number of aromatic nitrogens is 1. The van der Waals surface area contributed by atoms with Gasteiger partial charge in [0.05, 0.1) is 0 Å². The average molecular weight is 303 g/mol. The highest BCUT2D eigenvalue weighted by atomic mass is 19.1. The van der Waals surface area contributed by atoms with Crippen molar-refractivity contribution in [3.63, 3.8) is 0 Å². The summed E-state index contributed by atoms with van der Waals surface area (Å²) in [5.41, 5.74) is -0.529. The number of nitrogens with one attached hydrogen (secondary N) is 1. The maximum Gasteiger partial charge on any atom is 0.257 e. The number of hydrogen-bond donors (Lipinski definition) is 1. The Hall–Kier alpha value is -2.50. The van der Waals surface area contributed by atoms with E-state index in [9.17, 15) is 13.6 Å². The summed E-state index contributed by atoms with van der Waals surface area (Å²) in [5, 5.41) is 2.69. The Morgan fingerprint density at radius 3 is 2.64 bits per heavy atom. The largest absolute Gasteiger partial charge is 0.354 e. The lowest BCUT2D eigenvalue weighted by Crippen LogP contribution is -2.38. The Balaban J connectivity index is 1.66. The predicted molar refractivity (Wildman–Crippen MR) is 78.7 cm³/mol. The molecule has 114 valence electrons. The molecule has 0 bridgehead atoms. The van der Waals surface area contributed by atoms with Crippen molar-refractivity contribution >= 4 is 11.7 Å². The van der Waals surface area contributed by atoms with Crippen LogP contribution in [0.15, 0.2) is 42.6 Å². The third-order valence-corrected chi connectivity index (χ3v) is 3.69. The maximum atomic E-state index is 13.6. The highest BCUT2D eigenvalue weighted by Crippen LogP contribution is 2.18. The van der Waals surface area contributed by atoms with Crippen LogP contribution >= 0.6 is 0 Å². The number of anilines is 1. The van der Waals surface area contributed by atoms with Gasteiger partial charge in [-0.15, -0.1) is 0 Å². The van der Waals surface area contributed by atoms with Crippen molar-refractivity contribution in [2.24, 2.45) is 0 Å². The van der Waals surface area contributed by atoms with E-state index in [1.54, 1.807) is 6.20 Å². The molecule has 0 radical (unpaired) electrons. The molecular weight excluding hydrogens is 288 g/mol. The average Bonchev–Trinajstić information content (AvgIpc) is 2.96. The molecule has 2 aromatic rings. The number of benzene rings is 1. The van der Waals surface area contributed by atoms with Crippen molar-refractivity contribution in [3.8, 4) is 0 Å². The minimum atomic E-state index is -0.850. The molecule has 1 aromatic heterocycles. The highest BCUT2D eigenvalue weighted by Gasteiger charge is 2.26. The minimum absolute atomic E-state index is 0.159. The lowest BCUT2D eigenvalue weighted by Gasteiger charge is -2.18. The van der Waals surface area contributed by atoms with Crippen molar-refractivity contribution in [2.75, 3.05) is 18.0 Å². The molecule has 1 amide bonds. The summed E-state index contributed by atoms with van der Waals surface area (Å²) in [5.74, 6) is -1.59. The van der Waals surface area contributed by atoms with Crippen LogP contribution < -0.4 is 10.2 Å². The molecule has 22 heavy (non-hydrogen) atoms. The summed E-state index contributed by atoms with van der Waals surface area (Å²) in [6, 6.07) is 8.84. The fraction of sp³-hybridized carbons (Fsp3) is 0.250. The van der Waals surface area contributed by atoms with Gasteiger partial charge in [-0.05, 0) is 30.7 Å². The first-order chi connectivity index (χ1) is 10.6. The van der Waals surface area contributed by atoms with Crippen LogP contribution in [0, 0.1) is 11.6 Å². The summed E-state index contributed by atoms with van der Waals surface area (Å²) >= 11 is 0. The molecule has 0 saturated carbocycles. The van der Waals surface area contributed by atoms with E-state index in [2.05, 4.69) is 10.3 Å². The van der Waals surface area contributed by atoms with Crippen LogP contribution in [-0.4, -0.2) is 30.0 Å². The van der Waals surface area contributed by atoms with E-state index in [4.69, 9.17) is 0 Å². The molecule has 1 fully saturated rings. The number of hydrogen-bond acceptors (Lipinski definition) is 3. The van der Waals surface area contributed by atoms with Gasteiger partial charge >= 0.3 is 0 Å². The number of pyridine rings is 1. The zero-order chi connectivity index (χ0) is 15.5. The summed E-state index contributed by atoms with van der Waals surface area (Å²) < 4.78 is 27.2. The van der Waals surface area contributed by atoms with Gasteiger partial charge in [0.25, 0.3) is 5.91 Å². The fourth-order valence-corrected chi connectivity index (χ4v) is 2.60. The summed E-state index contributed by atoms with van der Waals surface area (Å²) in [6.07, 6.45) is 2.41. The van der Waals surface area contributed by atoms with Crippen LogP contribution in [0.4, 0.5) is 14.6 Å². The molecule has 0 aliphatic carbocycles. The van der Waals surface area contributed by atoms with Gasteiger partial charge in [0.2, 0.25) is 0 Å². The Morgan fingerprint density at radius 2 is 1.95 bits per heavy atom. The topological polar surface area (TPSA) is 45.2 Å². The number of nitrogens with zero attached hydrogens (tertiary/aromatic N) is 2. The SMILES string of the molecule is O=C(NC1CCN(c2ccccn2)C1)c1c(F)cccc1F. The lowest BCUT2D eigenvalue weighted by molar-refractivity contribution is 0.0932. The van der Waals surface area contributed by atoms with E-state index < -0.39 is 23.1 Å². The number of carbonyl (C=O) groups excluding carboxylic acids is 1. The monoisotopic (exact) mass is 303 g/mol.